The van der Waals surface area contributed by atoms with Crippen LogP contribution < -0.4 is 10.4 Å². The van der Waals surface area contributed by atoms with Crippen molar-refractivity contribution in [3.05, 3.63) is 168 Å². The van der Waals surface area contributed by atoms with Gasteiger partial charge in [0.15, 0.2) is 5.60 Å². The molecule has 0 radical (unpaired) electrons. The molecule has 0 saturated carbocycles. The van der Waals surface area contributed by atoms with Gasteiger partial charge in [-0.2, -0.15) is 0 Å². The molecular formula is C35H34O3Si. The molecule has 0 amide bonds. The van der Waals surface area contributed by atoms with Gasteiger partial charge < -0.3 is 4.43 Å². The van der Waals surface area contributed by atoms with Crippen molar-refractivity contribution in [1.82, 2.24) is 0 Å². The first-order chi connectivity index (χ1) is 18.9. The van der Waals surface area contributed by atoms with Crippen LogP contribution in [0.2, 0.25) is 0 Å². The SMILES string of the molecule is CC(C)(C)O[Si](OOC(c1ccccc1)(c1ccccc1)c1ccccc1)(c1ccccc1)c1ccccc1. The smallest absolute Gasteiger partial charge is 0.381 e. The van der Waals surface area contributed by atoms with E-state index in [0.29, 0.717) is 0 Å². The number of benzene rings is 5. The Bertz CT molecular complexity index is 1300. The van der Waals surface area contributed by atoms with E-state index in [1.54, 1.807) is 0 Å². The highest BCUT2D eigenvalue weighted by molar-refractivity contribution is 6.92. The van der Waals surface area contributed by atoms with E-state index in [9.17, 15) is 0 Å². The van der Waals surface area contributed by atoms with Crippen molar-refractivity contribution >= 4 is 18.9 Å². The van der Waals surface area contributed by atoms with Crippen molar-refractivity contribution in [2.24, 2.45) is 0 Å². The summed E-state index contributed by atoms with van der Waals surface area (Å²) >= 11 is 0. The molecule has 0 heterocycles. The van der Waals surface area contributed by atoms with E-state index in [2.05, 4.69) is 81.4 Å². The molecule has 0 saturated heterocycles. The van der Waals surface area contributed by atoms with E-state index in [1.807, 2.05) is 91.0 Å². The van der Waals surface area contributed by atoms with Crippen LogP contribution in [-0.2, 0) is 19.5 Å². The molecule has 0 spiro atoms. The lowest BCUT2D eigenvalue weighted by molar-refractivity contribution is -0.290. The van der Waals surface area contributed by atoms with Crippen LogP contribution in [-0.4, -0.2) is 14.2 Å². The van der Waals surface area contributed by atoms with Crippen molar-refractivity contribution in [2.45, 2.75) is 32.0 Å². The van der Waals surface area contributed by atoms with Gasteiger partial charge in [-0.05, 0) is 37.5 Å². The van der Waals surface area contributed by atoms with Crippen LogP contribution >= 0.6 is 0 Å². The molecule has 0 atom stereocenters. The second-order valence-corrected chi connectivity index (χ2v) is 13.3. The Hall–Kier alpha value is -3.80. The maximum absolute atomic E-state index is 6.99. The van der Waals surface area contributed by atoms with Gasteiger partial charge in [-0.1, -0.05) is 152 Å². The van der Waals surface area contributed by atoms with Crippen LogP contribution in [0, 0.1) is 0 Å². The highest BCUT2D eigenvalue weighted by Crippen LogP contribution is 2.41. The van der Waals surface area contributed by atoms with E-state index in [4.69, 9.17) is 13.9 Å². The summed E-state index contributed by atoms with van der Waals surface area (Å²) in [4.78, 5) is 6.94. The lowest BCUT2D eigenvalue weighted by Crippen LogP contribution is -2.66. The van der Waals surface area contributed by atoms with E-state index in [1.165, 1.54) is 0 Å². The Balaban J connectivity index is 1.75. The molecule has 5 rings (SSSR count). The Morgan fingerprint density at radius 2 is 0.744 bits per heavy atom. The van der Waals surface area contributed by atoms with Gasteiger partial charge in [0.2, 0.25) is 0 Å². The Kier molecular flexibility index (Phi) is 7.91. The molecule has 0 aromatic heterocycles. The van der Waals surface area contributed by atoms with E-state index in [0.717, 1.165) is 27.1 Å². The van der Waals surface area contributed by atoms with Crippen LogP contribution in [0.1, 0.15) is 37.5 Å². The van der Waals surface area contributed by atoms with Gasteiger partial charge in [0.1, 0.15) is 0 Å². The third-order valence-electron chi connectivity index (χ3n) is 6.58. The van der Waals surface area contributed by atoms with Crippen molar-refractivity contribution in [2.75, 3.05) is 0 Å². The lowest BCUT2D eigenvalue weighted by atomic mass is 9.80. The molecule has 39 heavy (non-hydrogen) atoms. The summed E-state index contributed by atoms with van der Waals surface area (Å²) in [5.74, 6) is 0. The predicted molar refractivity (Wildman–Crippen MR) is 160 cm³/mol. The Morgan fingerprint density at radius 1 is 0.436 bits per heavy atom. The zero-order valence-electron chi connectivity index (χ0n) is 22.7. The maximum Gasteiger partial charge on any atom is 0.440 e. The molecule has 0 N–H and O–H groups in total. The summed E-state index contributed by atoms with van der Waals surface area (Å²) < 4.78 is 13.9. The summed E-state index contributed by atoms with van der Waals surface area (Å²) in [7, 11) is -3.41. The number of hydrogen-bond acceptors (Lipinski definition) is 3. The lowest BCUT2D eigenvalue weighted by Gasteiger charge is -2.41. The summed E-state index contributed by atoms with van der Waals surface area (Å²) in [5, 5.41) is 1.93. The minimum atomic E-state index is -3.41. The summed E-state index contributed by atoms with van der Waals surface area (Å²) in [5.41, 5.74) is 1.33. The quantitative estimate of drug-likeness (QED) is 0.0889. The molecule has 4 heteroatoms. The number of rotatable bonds is 9. The summed E-state index contributed by atoms with van der Waals surface area (Å²) in [6.45, 7) is 6.18. The van der Waals surface area contributed by atoms with Crippen molar-refractivity contribution in [3.63, 3.8) is 0 Å². The zero-order valence-corrected chi connectivity index (χ0v) is 23.7. The highest BCUT2D eigenvalue weighted by atomic mass is 28.4. The first kappa shape index (κ1) is 26.8. The number of hydrogen-bond donors (Lipinski definition) is 0. The molecule has 3 nitrogen and oxygen atoms in total. The molecule has 0 aliphatic rings. The van der Waals surface area contributed by atoms with Crippen LogP contribution in [0.4, 0.5) is 0 Å². The Labute approximate surface area is 232 Å². The van der Waals surface area contributed by atoms with Crippen molar-refractivity contribution in [1.29, 1.82) is 0 Å². The van der Waals surface area contributed by atoms with Crippen LogP contribution in [0.3, 0.4) is 0 Å². The highest BCUT2D eigenvalue weighted by Gasteiger charge is 2.50. The first-order valence-electron chi connectivity index (χ1n) is 13.3. The third kappa shape index (κ3) is 5.65. The van der Waals surface area contributed by atoms with Crippen LogP contribution in [0.5, 0.6) is 0 Å². The van der Waals surface area contributed by atoms with E-state index >= 15 is 0 Å². The van der Waals surface area contributed by atoms with Gasteiger partial charge >= 0.3 is 8.56 Å². The maximum atomic E-state index is 6.99. The monoisotopic (exact) mass is 530 g/mol. The normalized spacial score (nSPS) is 12.3. The van der Waals surface area contributed by atoms with Gasteiger partial charge in [0.25, 0.3) is 0 Å². The summed E-state index contributed by atoms with van der Waals surface area (Å²) in [6, 6.07) is 51.1. The van der Waals surface area contributed by atoms with Crippen molar-refractivity contribution < 1.29 is 13.9 Å². The standard InChI is InChI=1S/C35H34O3Si/c1-34(2,3)37-39(32-25-15-7-16-26-32,33-27-17-8-18-28-33)38-36-35(29-19-9-4-10-20-29,30-21-11-5-12-22-30)31-23-13-6-14-24-31/h4-28H,1-3H3. The second-order valence-electron chi connectivity index (χ2n) is 10.5. The molecule has 0 aliphatic heterocycles. The average molecular weight is 531 g/mol. The molecule has 0 bridgehead atoms. The van der Waals surface area contributed by atoms with Gasteiger partial charge in [-0.15, -0.1) is 0 Å². The Morgan fingerprint density at radius 3 is 1.05 bits per heavy atom. The molecule has 5 aromatic carbocycles. The van der Waals surface area contributed by atoms with Gasteiger partial charge in [-0.25, -0.2) is 9.46 Å². The van der Waals surface area contributed by atoms with E-state index in [-0.39, 0.29) is 0 Å². The van der Waals surface area contributed by atoms with Gasteiger partial charge in [0.05, 0.1) is 5.60 Å². The molecule has 5 aromatic rings. The molecule has 196 valence electrons. The van der Waals surface area contributed by atoms with Gasteiger partial charge in [0, 0.05) is 10.4 Å². The molecule has 0 aliphatic carbocycles. The third-order valence-corrected chi connectivity index (χ3v) is 9.99. The second kappa shape index (κ2) is 11.5. The van der Waals surface area contributed by atoms with Crippen LogP contribution in [0.15, 0.2) is 152 Å². The van der Waals surface area contributed by atoms with Crippen LogP contribution in [0.25, 0.3) is 0 Å². The predicted octanol–water partition coefficient (Wildman–Crippen LogP) is 7.00. The fraction of sp³-hybridized carbons (Fsp3) is 0.143. The topological polar surface area (TPSA) is 27.7 Å². The molecule has 0 fully saturated rings. The fourth-order valence-electron chi connectivity index (χ4n) is 4.93. The minimum absolute atomic E-state index is 0.504. The first-order valence-corrected chi connectivity index (χ1v) is 15.1. The average Bonchev–Trinajstić information content (AvgIpc) is 2.99. The minimum Gasteiger partial charge on any atom is -0.381 e. The zero-order chi connectivity index (χ0) is 27.2. The molecule has 0 unspecified atom stereocenters. The summed E-state index contributed by atoms with van der Waals surface area (Å²) in [6.07, 6.45) is 0. The molecular weight excluding hydrogens is 496 g/mol. The van der Waals surface area contributed by atoms with Gasteiger partial charge in [-0.3, -0.25) is 0 Å². The van der Waals surface area contributed by atoms with E-state index < -0.39 is 19.8 Å². The fourth-order valence-corrected chi connectivity index (χ4v) is 8.09. The largest absolute Gasteiger partial charge is 0.440 e. The van der Waals surface area contributed by atoms with Crippen molar-refractivity contribution in [3.8, 4) is 0 Å².